The second-order valence-corrected chi connectivity index (χ2v) is 7.11. The van der Waals surface area contributed by atoms with Gasteiger partial charge >= 0.3 is 0 Å². The van der Waals surface area contributed by atoms with E-state index < -0.39 is 6.10 Å². The van der Waals surface area contributed by atoms with Gasteiger partial charge in [0.15, 0.2) is 0 Å². The monoisotopic (exact) mass is 354 g/mol. The van der Waals surface area contributed by atoms with Crippen LogP contribution in [-0.4, -0.2) is 27.9 Å². The van der Waals surface area contributed by atoms with Gasteiger partial charge in [-0.15, -0.1) is 11.8 Å². The highest BCUT2D eigenvalue weighted by Gasteiger charge is 2.15. The van der Waals surface area contributed by atoms with E-state index in [-0.39, 0.29) is 12.5 Å². The molecule has 0 bridgehead atoms. The van der Waals surface area contributed by atoms with Crippen molar-refractivity contribution in [3.05, 3.63) is 66.4 Å². The van der Waals surface area contributed by atoms with Gasteiger partial charge in [0.2, 0.25) is 5.91 Å². The van der Waals surface area contributed by atoms with Crippen LogP contribution in [0.5, 0.6) is 0 Å². The van der Waals surface area contributed by atoms with Crippen LogP contribution in [0.1, 0.15) is 18.1 Å². The summed E-state index contributed by atoms with van der Waals surface area (Å²) in [5, 5.41) is 14.3. The first-order valence-electron chi connectivity index (χ1n) is 8.31. The maximum Gasteiger partial charge on any atom is 0.220 e. The zero-order valence-electron chi connectivity index (χ0n) is 14.2. The minimum absolute atomic E-state index is 0.0392. The number of aryl methyl sites for hydroxylation is 1. The van der Waals surface area contributed by atoms with Gasteiger partial charge < -0.3 is 15.0 Å². The molecule has 0 aliphatic rings. The number of carbonyl (C=O) groups excluding carboxylic acids is 1. The molecule has 0 radical (unpaired) electrons. The number of aliphatic hydroxyl groups excluding tert-OH is 1. The molecule has 1 aromatic heterocycles. The molecule has 1 amide bonds. The van der Waals surface area contributed by atoms with Gasteiger partial charge in [0.05, 0.1) is 6.10 Å². The average molecular weight is 354 g/mol. The number of para-hydroxylation sites is 1. The van der Waals surface area contributed by atoms with Gasteiger partial charge in [-0.25, -0.2) is 0 Å². The number of carbonyl (C=O) groups is 1. The van der Waals surface area contributed by atoms with E-state index in [9.17, 15) is 9.90 Å². The van der Waals surface area contributed by atoms with Gasteiger partial charge in [-0.1, -0.05) is 36.4 Å². The lowest BCUT2D eigenvalue weighted by Gasteiger charge is -2.11. The van der Waals surface area contributed by atoms with E-state index in [1.54, 1.807) is 11.8 Å². The Morgan fingerprint density at radius 1 is 1.16 bits per heavy atom. The summed E-state index contributed by atoms with van der Waals surface area (Å²) in [5.41, 5.74) is 1.92. The topological polar surface area (TPSA) is 54.3 Å². The van der Waals surface area contributed by atoms with Crippen molar-refractivity contribution < 1.29 is 9.90 Å². The Balaban J connectivity index is 1.49. The predicted octanol–water partition coefficient (Wildman–Crippen LogP) is 3.51. The Hall–Kier alpha value is -2.24. The highest BCUT2D eigenvalue weighted by Crippen LogP contribution is 2.25. The molecule has 4 nitrogen and oxygen atoms in total. The lowest BCUT2D eigenvalue weighted by Crippen LogP contribution is -2.28. The van der Waals surface area contributed by atoms with Crippen molar-refractivity contribution in [1.82, 2.24) is 9.88 Å². The molecule has 0 saturated heterocycles. The third-order valence-electron chi connectivity index (χ3n) is 4.12. The van der Waals surface area contributed by atoms with Gasteiger partial charge in [0.25, 0.3) is 0 Å². The summed E-state index contributed by atoms with van der Waals surface area (Å²) in [5.74, 6) is 0.683. The van der Waals surface area contributed by atoms with Crippen LogP contribution in [0.3, 0.4) is 0 Å². The highest BCUT2D eigenvalue weighted by molar-refractivity contribution is 7.99. The Kier molecular flexibility index (Phi) is 5.79. The van der Waals surface area contributed by atoms with Crippen molar-refractivity contribution >= 4 is 28.6 Å². The Labute approximate surface area is 151 Å². The van der Waals surface area contributed by atoms with Crippen LogP contribution in [0, 0.1) is 0 Å². The van der Waals surface area contributed by atoms with Gasteiger partial charge in [-0.05, 0) is 18.2 Å². The van der Waals surface area contributed by atoms with Crippen molar-refractivity contribution in [3.63, 3.8) is 0 Å². The van der Waals surface area contributed by atoms with Crippen LogP contribution in [-0.2, 0) is 11.8 Å². The molecule has 130 valence electrons. The van der Waals surface area contributed by atoms with Crippen LogP contribution in [0.25, 0.3) is 10.9 Å². The summed E-state index contributed by atoms with van der Waals surface area (Å²) >= 11 is 1.66. The molecule has 0 saturated carbocycles. The molecule has 0 aliphatic carbocycles. The molecular weight excluding hydrogens is 332 g/mol. The first kappa shape index (κ1) is 17.6. The van der Waals surface area contributed by atoms with Gasteiger partial charge in [-0.3, -0.25) is 4.79 Å². The first-order chi connectivity index (χ1) is 12.1. The zero-order chi connectivity index (χ0) is 17.6. The predicted molar refractivity (Wildman–Crippen MR) is 103 cm³/mol. The molecule has 5 heteroatoms. The molecule has 0 aliphatic heterocycles. The Morgan fingerprint density at radius 3 is 2.68 bits per heavy atom. The molecule has 25 heavy (non-hydrogen) atoms. The molecule has 3 rings (SSSR count). The van der Waals surface area contributed by atoms with E-state index in [4.69, 9.17) is 0 Å². The number of hydrogen-bond acceptors (Lipinski definition) is 3. The van der Waals surface area contributed by atoms with Crippen molar-refractivity contribution in [3.8, 4) is 0 Å². The number of fused-ring (bicyclic) bond motifs is 1. The van der Waals surface area contributed by atoms with E-state index >= 15 is 0 Å². The average Bonchev–Trinajstić information content (AvgIpc) is 2.98. The minimum atomic E-state index is -0.711. The Morgan fingerprint density at radius 2 is 1.88 bits per heavy atom. The smallest absolute Gasteiger partial charge is 0.220 e. The number of benzene rings is 2. The van der Waals surface area contributed by atoms with E-state index in [0.717, 1.165) is 27.1 Å². The standard InChI is InChI=1S/C20H22N2O2S/c1-22-14-17(16-9-5-6-10-18(16)22)19(23)13-21-20(24)11-12-25-15-7-3-2-4-8-15/h2-10,14,19,23H,11-13H2,1H3,(H,21,24). The second kappa shape index (κ2) is 8.23. The van der Waals surface area contributed by atoms with Crippen molar-refractivity contribution in [2.24, 2.45) is 7.05 Å². The number of amides is 1. The van der Waals surface area contributed by atoms with Crippen molar-refractivity contribution in [1.29, 1.82) is 0 Å². The Bertz CT molecular complexity index is 845. The number of nitrogens with zero attached hydrogens (tertiary/aromatic N) is 1. The SMILES string of the molecule is Cn1cc(C(O)CNC(=O)CCSc2ccccc2)c2ccccc21. The summed E-state index contributed by atoms with van der Waals surface area (Å²) in [6.07, 6.45) is 1.64. The van der Waals surface area contributed by atoms with E-state index in [2.05, 4.69) is 5.32 Å². The number of aromatic nitrogens is 1. The molecule has 1 heterocycles. The van der Waals surface area contributed by atoms with Crippen LogP contribution < -0.4 is 5.32 Å². The summed E-state index contributed by atoms with van der Waals surface area (Å²) in [6, 6.07) is 18.0. The molecule has 0 spiro atoms. The number of hydrogen-bond donors (Lipinski definition) is 2. The number of aliphatic hydroxyl groups is 1. The van der Waals surface area contributed by atoms with Crippen LogP contribution >= 0.6 is 11.8 Å². The largest absolute Gasteiger partial charge is 0.386 e. The van der Waals surface area contributed by atoms with Crippen molar-refractivity contribution in [2.75, 3.05) is 12.3 Å². The van der Waals surface area contributed by atoms with E-state index in [1.807, 2.05) is 72.4 Å². The van der Waals surface area contributed by atoms with Gasteiger partial charge in [0.1, 0.15) is 0 Å². The van der Waals surface area contributed by atoms with E-state index in [0.29, 0.717) is 6.42 Å². The normalized spacial score (nSPS) is 12.2. The highest BCUT2D eigenvalue weighted by atomic mass is 32.2. The van der Waals surface area contributed by atoms with Crippen LogP contribution in [0.15, 0.2) is 65.7 Å². The fourth-order valence-electron chi connectivity index (χ4n) is 2.83. The summed E-state index contributed by atoms with van der Waals surface area (Å²) < 4.78 is 1.99. The molecule has 3 aromatic rings. The fourth-order valence-corrected chi connectivity index (χ4v) is 3.70. The summed E-state index contributed by atoms with van der Waals surface area (Å²) in [4.78, 5) is 13.2. The van der Waals surface area contributed by atoms with Gasteiger partial charge in [-0.2, -0.15) is 0 Å². The number of rotatable bonds is 7. The second-order valence-electron chi connectivity index (χ2n) is 5.94. The fraction of sp³-hybridized carbons (Fsp3) is 0.250. The lowest BCUT2D eigenvalue weighted by atomic mass is 10.1. The number of thioether (sulfide) groups is 1. The molecule has 1 atom stereocenters. The van der Waals surface area contributed by atoms with Gasteiger partial charge in [0, 0.05) is 53.3 Å². The summed E-state index contributed by atoms with van der Waals surface area (Å²) in [6.45, 7) is 0.225. The number of nitrogens with one attached hydrogen (secondary N) is 1. The third kappa shape index (κ3) is 4.44. The third-order valence-corrected chi connectivity index (χ3v) is 5.13. The zero-order valence-corrected chi connectivity index (χ0v) is 15.0. The summed E-state index contributed by atoms with van der Waals surface area (Å²) in [7, 11) is 1.96. The molecule has 0 fully saturated rings. The van der Waals surface area contributed by atoms with E-state index in [1.165, 1.54) is 0 Å². The molecule has 2 N–H and O–H groups in total. The molecule has 1 unspecified atom stereocenters. The van der Waals surface area contributed by atoms with Crippen molar-refractivity contribution in [2.45, 2.75) is 17.4 Å². The maximum absolute atomic E-state index is 12.0. The maximum atomic E-state index is 12.0. The molecule has 2 aromatic carbocycles. The quantitative estimate of drug-likeness (QED) is 0.639. The lowest BCUT2D eigenvalue weighted by molar-refractivity contribution is -0.121. The minimum Gasteiger partial charge on any atom is -0.386 e. The van der Waals surface area contributed by atoms with Crippen LogP contribution in [0.2, 0.25) is 0 Å². The van der Waals surface area contributed by atoms with Crippen LogP contribution in [0.4, 0.5) is 0 Å². The first-order valence-corrected chi connectivity index (χ1v) is 9.30. The molecular formula is C20H22N2O2S.